The van der Waals surface area contributed by atoms with Crippen LogP contribution in [-0.4, -0.2) is 17.6 Å². The molecule has 0 atom stereocenters. The van der Waals surface area contributed by atoms with Gasteiger partial charge in [-0.25, -0.2) is 0 Å². The molecule has 0 spiro atoms. The number of rotatable bonds is 1. The SMILES string of the molecule is CC(=O)O.CC(C)CN.[Cu]. The van der Waals surface area contributed by atoms with E-state index in [0.29, 0.717) is 5.92 Å². The Morgan fingerprint density at radius 1 is 1.60 bits per heavy atom. The molecule has 0 unspecified atom stereocenters. The molecule has 4 heteroatoms. The summed E-state index contributed by atoms with van der Waals surface area (Å²) in [6.07, 6.45) is 0. The fraction of sp³-hybridized carbons (Fsp3) is 0.833. The molecule has 0 aromatic rings. The summed E-state index contributed by atoms with van der Waals surface area (Å²) in [7, 11) is 0. The van der Waals surface area contributed by atoms with Crippen molar-refractivity contribution in [1.29, 1.82) is 0 Å². The van der Waals surface area contributed by atoms with Gasteiger partial charge in [0.05, 0.1) is 0 Å². The molecular weight excluding hydrogens is 182 g/mol. The van der Waals surface area contributed by atoms with Gasteiger partial charge in [0, 0.05) is 24.0 Å². The van der Waals surface area contributed by atoms with Crippen LogP contribution in [0.4, 0.5) is 0 Å². The Balaban J connectivity index is -0.0000000910. The molecular formula is C6H15CuNO2. The van der Waals surface area contributed by atoms with Crippen LogP contribution in [0.1, 0.15) is 20.8 Å². The van der Waals surface area contributed by atoms with Gasteiger partial charge in [-0.1, -0.05) is 13.8 Å². The van der Waals surface area contributed by atoms with Crippen molar-refractivity contribution in [2.75, 3.05) is 6.54 Å². The van der Waals surface area contributed by atoms with E-state index in [9.17, 15) is 0 Å². The molecule has 0 amide bonds. The second kappa shape index (κ2) is 11.7. The zero-order valence-corrected chi connectivity index (χ0v) is 7.46. The van der Waals surface area contributed by atoms with Gasteiger partial charge in [0.15, 0.2) is 0 Å². The van der Waals surface area contributed by atoms with Crippen LogP contribution in [0.25, 0.3) is 0 Å². The van der Waals surface area contributed by atoms with Crippen molar-refractivity contribution in [3.63, 3.8) is 0 Å². The molecule has 10 heavy (non-hydrogen) atoms. The standard InChI is InChI=1S/C4H11N.C2H4O2.Cu/c1-4(2)3-5;1-2(3)4;/h4H,3,5H2,1-2H3;1H3,(H,3,4);. The van der Waals surface area contributed by atoms with Crippen molar-refractivity contribution in [2.45, 2.75) is 20.8 Å². The minimum Gasteiger partial charge on any atom is -0.481 e. The van der Waals surface area contributed by atoms with E-state index in [1.807, 2.05) is 0 Å². The molecule has 0 aliphatic heterocycles. The number of carbonyl (C=O) groups is 1. The quantitative estimate of drug-likeness (QED) is 0.607. The largest absolute Gasteiger partial charge is 0.481 e. The molecule has 0 saturated carbocycles. The third-order valence-corrected chi connectivity index (χ3v) is 0.471. The third kappa shape index (κ3) is 101. The van der Waals surface area contributed by atoms with Gasteiger partial charge < -0.3 is 10.8 Å². The van der Waals surface area contributed by atoms with E-state index in [0.717, 1.165) is 13.5 Å². The van der Waals surface area contributed by atoms with E-state index >= 15 is 0 Å². The fourth-order valence-electron chi connectivity index (χ4n) is 0. The maximum Gasteiger partial charge on any atom is 0.300 e. The minimum absolute atomic E-state index is 0. The van der Waals surface area contributed by atoms with Crippen molar-refractivity contribution in [2.24, 2.45) is 11.7 Å². The number of aliphatic carboxylic acids is 1. The van der Waals surface area contributed by atoms with Gasteiger partial charge in [-0.15, -0.1) is 0 Å². The summed E-state index contributed by atoms with van der Waals surface area (Å²) in [5.41, 5.74) is 5.17. The molecule has 0 saturated heterocycles. The number of carboxylic acids is 1. The zero-order valence-electron chi connectivity index (χ0n) is 6.52. The molecule has 0 aliphatic rings. The van der Waals surface area contributed by atoms with E-state index in [2.05, 4.69) is 13.8 Å². The van der Waals surface area contributed by atoms with Gasteiger partial charge in [0.25, 0.3) is 5.97 Å². The number of nitrogens with two attached hydrogens (primary N) is 1. The summed E-state index contributed by atoms with van der Waals surface area (Å²) in [6.45, 7) is 6.08. The molecule has 0 bridgehead atoms. The van der Waals surface area contributed by atoms with Gasteiger partial charge >= 0.3 is 0 Å². The van der Waals surface area contributed by atoms with E-state index in [-0.39, 0.29) is 17.1 Å². The molecule has 3 N–H and O–H groups in total. The van der Waals surface area contributed by atoms with Crippen LogP contribution in [0.15, 0.2) is 0 Å². The normalized spacial score (nSPS) is 7.30. The first kappa shape index (κ1) is 16.5. The molecule has 0 fully saturated rings. The van der Waals surface area contributed by atoms with Gasteiger partial charge in [-0.2, -0.15) is 0 Å². The summed E-state index contributed by atoms with van der Waals surface area (Å²) in [4.78, 5) is 9.00. The summed E-state index contributed by atoms with van der Waals surface area (Å²) in [5.74, 6) is -0.171. The summed E-state index contributed by atoms with van der Waals surface area (Å²) in [6, 6.07) is 0. The molecule has 67 valence electrons. The van der Waals surface area contributed by atoms with E-state index < -0.39 is 5.97 Å². The molecule has 0 rings (SSSR count). The van der Waals surface area contributed by atoms with Crippen LogP contribution >= 0.6 is 0 Å². The minimum atomic E-state index is -0.833. The van der Waals surface area contributed by atoms with Crippen LogP contribution in [0.2, 0.25) is 0 Å². The average Bonchev–Trinajstić information content (AvgIpc) is 1.65. The maximum absolute atomic E-state index is 9.00. The molecule has 0 heterocycles. The second-order valence-corrected chi connectivity index (χ2v) is 2.15. The van der Waals surface area contributed by atoms with Crippen LogP contribution in [0.3, 0.4) is 0 Å². The molecule has 3 nitrogen and oxygen atoms in total. The number of carboxylic acid groups (broad SMARTS) is 1. The Hall–Kier alpha value is -0.0505. The van der Waals surface area contributed by atoms with E-state index in [1.54, 1.807) is 0 Å². The monoisotopic (exact) mass is 196 g/mol. The van der Waals surface area contributed by atoms with Crippen LogP contribution in [0.5, 0.6) is 0 Å². The number of hydrogen-bond acceptors (Lipinski definition) is 2. The Labute approximate surface area is 72.5 Å². The number of hydrogen-bond donors (Lipinski definition) is 2. The molecule has 0 aromatic heterocycles. The van der Waals surface area contributed by atoms with Crippen LogP contribution in [0, 0.1) is 5.92 Å². The topological polar surface area (TPSA) is 63.3 Å². The summed E-state index contributed by atoms with van der Waals surface area (Å²) >= 11 is 0. The van der Waals surface area contributed by atoms with Gasteiger partial charge in [-0.3, -0.25) is 4.79 Å². The summed E-state index contributed by atoms with van der Waals surface area (Å²) in [5, 5.41) is 7.42. The average molecular weight is 197 g/mol. The van der Waals surface area contributed by atoms with Gasteiger partial charge in [0.1, 0.15) is 0 Å². The first-order chi connectivity index (χ1) is 4.00. The second-order valence-electron chi connectivity index (χ2n) is 2.15. The van der Waals surface area contributed by atoms with Crippen molar-refractivity contribution in [3.8, 4) is 0 Å². The predicted molar refractivity (Wildman–Crippen MR) is 37.2 cm³/mol. The maximum atomic E-state index is 9.00. The van der Waals surface area contributed by atoms with Gasteiger partial charge in [-0.05, 0) is 12.5 Å². The summed E-state index contributed by atoms with van der Waals surface area (Å²) < 4.78 is 0. The first-order valence-electron chi connectivity index (χ1n) is 2.90. The Kier molecular flexibility index (Phi) is 19.3. The first-order valence-corrected chi connectivity index (χ1v) is 2.90. The van der Waals surface area contributed by atoms with Crippen LogP contribution < -0.4 is 5.73 Å². The van der Waals surface area contributed by atoms with Crippen molar-refractivity contribution in [1.82, 2.24) is 0 Å². The van der Waals surface area contributed by atoms with E-state index in [1.165, 1.54) is 0 Å². The van der Waals surface area contributed by atoms with Crippen molar-refractivity contribution < 1.29 is 27.0 Å². The Morgan fingerprint density at radius 3 is 1.70 bits per heavy atom. The van der Waals surface area contributed by atoms with Crippen LogP contribution in [-0.2, 0) is 21.9 Å². The van der Waals surface area contributed by atoms with Crippen molar-refractivity contribution in [3.05, 3.63) is 0 Å². The Bertz CT molecular complexity index is 72.1. The van der Waals surface area contributed by atoms with Crippen molar-refractivity contribution >= 4 is 5.97 Å². The smallest absolute Gasteiger partial charge is 0.300 e. The van der Waals surface area contributed by atoms with E-state index in [4.69, 9.17) is 15.6 Å². The predicted octanol–water partition coefficient (Wildman–Crippen LogP) is 0.690. The fourth-order valence-corrected chi connectivity index (χ4v) is 0. The van der Waals surface area contributed by atoms with Gasteiger partial charge in [0.2, 0.25) is 0 Å². The molecule has 1 radical (unpaired) electrons. The molecule has 0 aromatic carbocycles. The zero-order chi connectivity index (χ0) is 7.86. The third-order valence-electron chi connectivity index (χ3n) is 0.471. The Morgan fingerprint density at radius 2 is 1.70 bits per heavy atom. The molecule has 0 aliphatic carbocycles.